The predicted molar refractivity (Wildman–Crippen MR) is 122 cm³/mol. The average molecular weight is 421 g/mol. The Kier molecular flexibility index (Phi) is 8.01. The van der Waals surface area contributed by atoms with Gasteiger partial charge in [0.05, 0.1) is 7.11 Å². The minimum absolute atomic E-state index is 0.0402. The number of hydrogen-bond acceptors (Lipinski definition) is 4. The lowest BCUT2D eigenvalue weighted by Gasteiger charge is -2.24. The van der Waals surface area contributed by atoms with Gasteiger partial charge in [0.25, 0.3) is 5.91 Å². The Morgan fingerprint density at radius 2 is 1.61 bits per heavy atom. The lowest BCUT2D eigenvalue weighted by molar-refractivity contribution is -0.129. The molecule has 0 aliphatic carbocycles. The molecular formula is C25H28N2O4. The fraction of sp³-hybridized carbons (Fsp3) is 0.280. The first-order valence-electron chi connectivity index (χ1n) is 10.5. The predicted octanol–water partition coefficient (Wildman–Crippen LogP) is 4.95. The third kappa shape index (κ3) is 5.83. The molecule has 6 heteroatoms. The van der Waals surface area contributed by atoms with E-state index in [2.05, 4.69) is 0 Å². The number of anilines is 1. The summed E-state index contributed by atoms with van der Waals surface area (Å²) < 4.78 is 5.25. The van der Waals surface area contributed by atoms with Crippen molar-refractivity contribution in [3.8, 4) is 5.75 Å². The standard InChI is InChI=1S/C25H28N2O4/c1-31-21-16-14-20(15-17-21)27(18-7-3-2-4-13-24(28)26-30)25(29)23-12-8-10-19-9-5-6-11-22(19)23/h5-6,8-12,14-17,30H,2-4,7,13,18H2,1H3,(H,26,28). The van der Waals surface area contributed by atoms with Crippen LogP contribution in [0.15, 0.2) is 66.7 Å². The van der Waals surface area contributed by atoms with Crippen molar-refractivity contribution in [2.75, 3.05) is 18.6 Å². The van der Waals surface area contributed by atoms with Crippen LogP contribution in [0, 0.1) is 0 Å². The normalized spacial score (nSPS) is 10.6. The van der Waals surface area contributed by atoms with E-state index in [1.165, 1.54) is 0 Å². The molecule has 0 aliphatic rings. The molecule has 3 aromatic rings. The largest absolute Gasteiger partial charge is 0.497 e. The molecule has 162 valence electrons. The van der Waals surface area contributed by atoms with Gasteiger partial charge < -0.3 is 9.64 Å². The maximum atomic E-state index is 13.6. The van der Waals surface area contributed by atoms with E-state index in [1.807, 2.05) is 71.6 Å². The summed E-state index contributed by atoms with van der Waals surface area (Å²) >= 11 is 0. The van der Waals surface area contributed by atoms with E-state index >= 15 is 0 Å². The number of unbranched alkanes of at least 4 members (excludes halogenated alkanes) is 3. The Balaban J connectivity index is 1.76. The molecule has 0 atom stereocenters. The van der Waals surface area contributed by atoms with Crippen molar-refractivity contribution in [3.05, 3.63) is 72.3 Å². The summed E-state index contributed by atoms with van der Waals surface area (Å²) in [5.41, 5.74) is 3.14. The minimum atomic E-state index is -0.369. The molecule has 3 rings (SSSR count). The first kappa shape index (κ1) is 22.3. The van der Waals surface area contributed by atoms with Crippen molar-refractivity contribution in [2.45, 2.75) is 32.1 Å². The summed E-state index contributed by atoms with van der Waals surface area (Å²) in [6, 6.07) is 21.2. The molecule has 6 nitrogen and oxygen atoms in total. The van der Waals surface area contributed by atoms with E-state index in [-0.39, 0.29) is 11.8 Å². The zero-order chi connectivity index (χ0) is 22.1. The number of ether oxygens (including phenoxy) is 1. The maximum Gasteiger partial charge on any atom is 0.258 e. The van der Waals surface area contributed by atoms with Gasteiger partial charge in [0.2, 0.25) is 5.91 Å². The third-order valence-electron chi connectivity index (χ3n) is 5.31. The highest BCUT2D eigenvalue weighted by atomic mass is 16.5. The molecule has 0 fully saturated rings. The van der Waals surface area contributed by atoms with Crippen LogP contribution in [0.3, 0.4) is 0 Å². The van der Waals surface area contributed by atoms with Crippen LogP contribution in [0.2, 0.25) is 0 Å². The van der Waals surface area contributed by atoms with E-state index in [0.717, 1.165) is 41.5 Å². The molecule has 0 bridgehead atoms. The molecule has 0 heterocycles. The van der Waals surface area contributed by atoms with E-state index in [0.29, 0.717) is 24.9 Å². The molecule has 0 saturated carbocycles. The Hall–Kier alpha value is -3.38. The van der Waals surface area contributed by atoms with Gasteiger partial charge >= 0.3 is 0 Å². The molecular weight excluding hydrogens is 392 g/mol. The number of amides is 2. The molecule has 31 heavy (non-hydrogen) atoms. The van der Waals surface area contributed by atoms with Gasteiger partial charge in [-0.3, -0.25) is 14.8 Å². The first-order valence-corrected chi connectivity index (χ1v) is 10.5. The second kappa shape index (κ2) is 11.1. The van der Waals surface area contributed by atoms with Gasteiger partial charge in [0.15, 0.2) is 0 Å². The lowest BCUT2D eigenvalue weighted by atomic mass is 10.0. The van der Waals surface area contributed by atoms with Crippen molar-refractivity contribution >= 4 is 28.3 Å². The Labute approximate surface area is 182 Å². The fourth-order valence-electron chi connectivity index (χ4n) is 3.63. The van der Waals surface area contributed by atoms with E-state index < -0.39 is 0 Å². The summed E-state index contributed by atoms with van der Waals surface area (Å²) in [7, 11) is 1.62. The zero-order valence-corrected chi connectivity index (χ0v) is 17.7. The van der Waals surface area contributed by atoms with E-state index in [9.17, 15) is 9.59 Å². The average Bonchev–Trinajstić information content (AvgIpc) is 2.82. The van der Waals surface area contributed by atoms with Crippen LogP contribution in [0.5, 0.6) is 5.75 Å². The van der Waals surface area contributed by atoms with Gasteiger partial charge in [0, 0.05) is 24.2 Å². The van der Waals surface area contributed by atoms with Gasteiger partial charge in [-0.05, 0) is 53.9 Å². The number of methoxy groups -OCH3 is 1. The number of carbonyl (C=O) groups is 2. The van der Waals surface area contributed by atoms with Crippen LogP contribution in [0.25, 0.3) is 10.8 Å². The number of fused-ring (bicyclic) bond motifs is 1. The van der Waals surface area contributed by atoms with E-state index in [1.54, 1.807) is 12.6 Å². The fourth-order valence-corrected chi connectivity index (χ4v) is 3.63. The summed E-state index contributed by atoms with van der Waals surface area (Å²) in [5, 5.41) is 10.5. The highest BCUT2D eigenvalue weighted by Gasteiger charge is 2.19. The molecule has 3 aromatic carbocycles. The molecule has 2 amide bonds. The van der Waals surface area contributed by atoms with Crippen LogP contribution in [-0.2, 0) is 4.79 Å². The summed E-state index contributed by atoms with van der Waals surface area (Å²) in [4.78, 5) is 26.5. The van der Waals surface area contributed by atoms with Crippen molar-refractivity contribution in [3.63, 3.8) is 0 Å². The zero-order valence-electron chi connectivity index (χ0n) is 17.7. The molecule has 0 unspecified atom stereocenters. The third-order valence-corrected chi connectivity index (χ3v) is 5.31. The van der Waals surface area contributed by atoms with Crippen LogP contribution >= 0.6 is 0 Å². The summed E-state index contributed by atoms with van der Waals surface area (Å²) in [6.45, 7) is 0.570. The topological polar surface area (TPSA) is 78.9 Å². The Morgan fingerprint density at radius 3 is 2.35 bits per heavy atom. The number of hydroxylamine groups is 1. The number of hydrogen-bond donors (Lipinski definition) is 2. The molecule has 0 radical (unpaired) electrons. The van der Waals surface area contributed by atoms with Gasteiger partial charge in [-0.2, -0.15) is 0 Å². The molecule has 0 spiro atoms. The smallest absolute Gasteiger partial charge is 0.258 e. The van der Waals surface area contributed by atoms with Gasteiger partial charge in [-0.15, -0.1) is 0 Å². The highest BCUT2D eigenvalue weighted by molar-refractivity contribution is 6.14. The van der Waals surface area contributed by atoms with Gasteiger partial charge in [0.1, 0.15) is 5.75 Å². The second-order valence-electron chi connectivity index (χ2n) is 7.38. The highest BCUT2D eigenvalue weighted by Crippen LogP contribution is 2.25. The summed E-state index contributed by atoms with van der Waals surface area (Å²) in [6.07, 6.45) is 3.55. The molecule has 2 N–H and O–H groups in total. The monoisotopic (exact) mass is 420 g/mol. The Morgan fingerprint density at radius 1 is 0.903 bits per heavy atom. The number of nitrogens with one attached hydrogen (secondary N) is 1. The van der Waals surface area contributed by atoms with Crippen molar-refractivity contribution < 1.29 is 19.5 Å². The number of nitrogens with zero attached hydrogens (tertiary/aromatic N) is 1. The van der Waals surface area contributed by atoms with Crippen LogP contribution in [-0.4, -0.2) is 30.7 Å². The Bertz CT molecular complexity index is 1010. The molecule has 0 saturated heterocycles. The first-order chi connectivity index (χ1) is 15.1. The quantitative estimate of drug-likeness (QED) is 0.276. The second-order valence-corrected chi connectivity index (χ2v) is 7.38. The van der Waals surface area contributed by atoms with Gasteiger partial charge in [-0.1, -0.05) is 49.2 Å². The number of benzene rings is 3. The van der Waals surface area contributed by atoms with Crippen LogP contribution < -0.4 is 15.1 Å². The number of carbonyl (C=O) groups excluding carboxylic acids is 2. The lowest BCUT2D eigenvalue weighted by Crippen LogP contribution is -2.32. The maximum absolute atomic E-state index is 13.6. The van der Waals surface area contributed by atoms with Crippen LogP contribution in [0.4, 0.5) is 5.69 Å². The SMILES string of the molecule is COc1ccc(N(CCCCCCC(=O)NO)C(=O)c2cccc3ccccc23)cc1. The summed E-state index contributed by atoms with van der Waals surface area (Å²) in [5.74, 6) is 0.330. The van der Waals surface area contributed by atoms with Crippen molar-refractivity contribution in [2.24, 2.45) is 0 Å². The number of rotatable bonds is 10. The molecule has 0 aromatic heterocycles. The van der Waals surface area contributed by atoms with Crippen molar-refractivity contribution in [1.82, 2.24) is 5.48 Å². The molecule has 0 aliphatic heterocycles. The van der Waals surface area contributed by atoms with Crippen LogP contribution in [0.1, 0.15) is 42.5 Å². The van der Waals surface area contributed by atoms with Crippen molar-refractivity contribution in [1.29, 1.82) is 0 Å². The van der Waals surface area contributed by atoms with E-state index in [4.69, 9.17) is 9.94 Å². The van der Waals surface area contributed by atoms with Gasteiger partial charge in [-0.25, -0.2) is 5.48 Å². The minimum Gasteiger partial charge on any atom is -0.497 e.